The average molecular weight is 492 g/mol. The van der Waals surface area contributed by atoms with Crippen molar-refractivity contribution in [2.24, 2.45) is 0 Å². The monoisotopic (exact) mass is 491 g/mol. The van der Waals surface area contributed by atoms with Crippen LogP contribution in [0, 0.1) is 0 Å². The molecule has 0 spiro atoms. The lowest BCUT2D eigenvalue weighted by Crippen LogP contribution is -2.20. The van der Waals surface area contributed by atoms with Crippen LogP contribution in [0.3, 0.4) is 0 Å². The molecule has 36 heavy (non-hydrogen) atoms. The summed E-state index contributed by atoms with van der Waals surface area (Å²) in [6.07, 6.45) is 14.1. The summed E-state index contributed by atoms with van der Waals surface area (Å²) >= 11 is 0. The molecule has 0 aliphatic carbocycles. The predicted octanol–water partition coefficient (Wildman–Crippen LogP) is 6.10. The topological polar surface area (TPSA) is 81.7 Å². The van der Waals surface area contributed by atoms with Gasteiger partial charge < -0.3 is 9.47 Å². The number of hydrogen-bond donors (Lipinski definition) is 1. The maximum absolute atomic E-state index is 12.4. The number of amides is 2. The molecule has 0 aromatic heterocycles. The maximum atomic E-state index is 12.4. The van der Waals surface area contributed by atoms with Gasteiger partial charge in [0, 0.05) is 0 Å². The second kappa shape index (κ2) is 14.2. The number of benzene rings is 2. The molecule has 0 atom stereocenters. The molecule has 3 rings (SSSR count). The molecule has 6 heteroatoms. The Morgan fingerprint density at radius 2 is 1.64 bits per heavy atom. The number of fused-ring (bicyclic) bond motifs is 1. The Morgan fingerprint density at radius 1 is 0.917 bits per heavy atom. The van der Waals surface area contributed by atoms with Crippen molar-refractivity contribution in [1.82, 2.24) is 5.32 Å². The largest absolute Gasteiger partial charge is 0.496 e. The molecular formula is C30H37NO5. The van der Waals surface area contributed by atoms with Crippen LogP contribution in [0.4, 0.5) is 0 Å². The fraction of sp³-hybridized carbons (Fsp3) is 0.433. The number of rotatable bonds is 16. The van der Waals surface area contributed by atoms with Crippen molar-refractivity contribution in [3.8, 4) is 5.75 Å². The number of allylic oxidation sites excluding steroid dienone is 1. The highest BCUT2D eigenvalue weighted by atomic mass is 16.5. The molecule has 1 aliphatic heterocycles. The van der Waals surface area contributed by atoms with Crippen molar-refractivity contribution < 1.29 is 23.9 Å². The minimum atomic E-state index is -0.474. The van der Waals surface area contributed by atoms with Gasteiger partial charge in [0.25, 0.3) is 11.8 Å². The van der Waals surface area contributed by atoms with Crippen LogP contribution >= 0.6 is 0 Å². The zero-order chi connectivity index (χ0) is 25.8. The van der Waals surface area contributed by atoms with E-state index in [1.165, 1.54) is 44.9 Å². The van der Waals surface area contributed by atoms with E-state index in [1.807, 2.05) is 24.3 Å². The normalized spacial score (nSPS) is 12.2. The Balaban J connectivity index is 1.41. The fourth-order valence-electron chi connectivity index (χ4n) is 4.56. The Kier molecular flexibility index (Phi) is 10.7. The first kappa shape index (κ1) is 27.2. The minimum absolute atomic E-state index is 0.0755. The quantitative estimate of drug-likeness (QED) is 0.133. The molecule has 1 heterocycles. The molecule has 192 valence electrons. The van der Waals surface area contributed by atoms with Gasteiger partial charge in [-0.3, -0.25) is 19.7 Å². The summed E-state index contributed by atoms with van der Waals surface area (Å²) in [5, 5.41) is 2.26. The number of unbranched alkanes of at least 4 members (excludes halogenated alkanes) is 8. The Morgan fingerprint density at radius 3 is 2.36 bits per heavy atom. The van der Waals surface area contributed by atoms with Crippen LogP contribution in [0.2, 0.25) is 0 Å². The number of ether oxygens (including phenoxy) is 2. The molecule has 0 bridgehead atoms. The Bertz CT molecular complexity index is 1080. The zero-order valence-corrected chi connectivity index (χ0v) is 21.3. The standard InChI is InChI=1S/C30H37NO5/c1-3-4-5-6-7-8-9-10-11-12-14-23-18-17-22(19-26(23)35-2)21-36-27(32)20-24-15-13-16-25-28(24)30(34)31-29(25)33/h3,13,15-19H,1,4-12,14,20-21H2,2H3,(H,31,33,34). The Hall–Kier alpha value is -3.41. The molecule has 0 radical (unpaired) electrons. The number of nitrogens with one attached hydrogen (secondary N) is 1. The van der Waals surface area contributed by atoms with Crippen LogP contribution in [0.5, 0.6) is 5.75 Å². The van der Waals surface area contributed by atoms with Crippen LogP contribution in [0.15, 0.2) is 49.1 Å². The lowest BCUT2D eigenvalue weighted by atomic mass is 10.0. The highest BCUT2D eigenvalue weighted by molar-refractivity contribution is 6.22. The lowest BCUT2D eigenvalue weighted by Gasteiger charge is -2.12. The fourth-order valence-corrected chi connectivity index (χ4v) is 4.56. The van der Waals surface area contributed by atoms with Crippen LogP contribution in [0.1, 0.15) is 95.2 Å². The molecule has 0 saturated heterocycles. The molecule has 2 aromatic rings. The van der Waals surface area contributed by atoms with Crippen molar-refractivity contribution in [2.45, 2.75) is 77.2 Å². The van der Waals surface area contributed by atoms with Gasteiger partial charge in [-0.2, -0.15) is 0 Å². The van der Waals surface area contributed by atoms with Gasteiger partial charge in [-0.05, 0) is 54.5 Å². The summed E-state index contributed by atoms with van der Waals surface area (Å²) in [6, 6.07) is 10.8. The summed E-state index contributed by atoms with van der Waals surface area (Å²) in [4.78, 5) is 36.3. The van der Waals surface area contributed by atoms with Crippen molar-refractivity contribution in [3.63, 3.8) is 0 Å². The Labute approximate surface area is 214 Å². The van der Waals surface area contributed by atoms with E-state index in [-0.39, 0.29) is 18.6 Å². The minimum Gasteiger partial charge on any atom is -0.496 e. The van der Waals surface area contributed by atoms with Crippen LogP contribution in [0.25, 0.3) is 0 Å². The van der Waals surface area contributed by atoms with Crippen molar-refractivity contribution in [1.29, 1.82) is 0 Å². The summed E-state index contributed by atoms with van der Waals surface area (Å²) < 4.78 is 11.0. The SMILES string of the molecule is C=CCCCCCCCCCCc1ccc(COC(=O)Cc2cccc3c2C(=O)NC3=O)cc1OC. The van der Waals surface area contributed by atoms with E-state index in [4.69, 9.17) is 9.47 Å². The number of imide groups is 1. The van der Waals surface area contributed by atoms with Crippen LogP contribution in [-0.2, 0) is 29.0 Å². The van der Waals surface area contributed by atoms with Crippen molar-refractivity contribution in [3.05, 3.63) is 76.9 Å². The molecule has 0 unspecified atom stereocenters. The van der Waals surface area contributed by atoms with E-state index in [0.29, 0.717) is 11.1 Å². The second-order valence-electron chi connectivity index (χ2n) is 9.26. The zero-order valence-electron chi connectivity index (χ0n) is 21.3. The highest BCUT2D eigenvalue weighted by Gasteiger charge is 2.29. The first-order valence-corrected chi connectivity index (χ1v) is 12.9. The third-order valence-corrected chi connectivity index (χ3v) is 6.54. The van der Waals surface area contributed by atoms with Gasteiger partial charge in [0.2, 0.25) is 0 Å². The molecular weight excluding hydrogens is 454 g/mol. The molecule has 1 N–H and O–H groups in total. The number of esters is 1. The van der Waals surface area contributed by atoms with Gasteiger partial charge in [0.1, 0.15) is 12.4 Å². The molecule has 6 nitrogen and oxygen atoms in total. The average Bonchev–Trinajstić information content (AvgIpc) is 3.18. The predicted molar refractivity (Wildman–Crippen MR) is 140 cm³/mol. The third-order valence-electron chi connectivity index (χ3n) is 6.54. The summed E-state index contributed by atoms with van der Waals surface area (Å²) in [5.74, 6) is -0.564. The maximum Gasteiger partial charge on any atom is 0.310 e. The van der Waals surface area contributed by atoms with E-state index >= 15 is 0 Å². The first-order valence-electron chi connectivity index (χ1n) is 12.9. The van der Waals surface area contributed by atoms with Crippen molar-refractivity contribution >= 4 is 17.8 Å². The molecule has 0 fully saturated rings. The molecule has 2 amide bonds. The summed E-state index contributed by atoms with van der Waals surface area (Å²) in [7, 11) is 1.66. The first-order chi connectivity index (χ1) is 17.5. The smallest absolute Gasteiger partial charge is 0.310 e. The number of methoxy groups -OCH3 is 1. The van der Waals surface area contributed by atoms with Gasteiger partial charge in [0.05, 0.1) is 24.7 Å². The van der Waals surface area contributed by atoms with E-state index < -0.39 is 17.8 Å². The van der Waals surface area contributed by atoms with Gasteiger partial charge in [-0.25, -0.2) is 0 Å². The second-order valence-corrected chi connectivity index (χ2v) is 9.26. The van der Waals surface area contributed by atoms with E-state index in [2.05, 4.69) is 11.9 Å². The van der Waals surface area contributed by atoms with Crippen molar-refractivity contribution in [2.75, 3.05) is 7.11 Å². The summed E-state index contributed by atoms with van der Waals surface area (Å²) in [6.45, 7) is 3.88. The third kappa shape index (κ3) is 7.80. The molecule has 0 saturated carbocycles. The van der Waals surface area contributed by atoms with Gasteiger partial charge >= 0.3 is 5.97 Å². The van der Waals surface area contributed by atoms with E-state index in [9.17, 15) is 14.4 Å². The number of carbonyl (C=O) groups is 3. The van der Waals surface area contributed by atoms with Crippen LogP contribution < -0.4 is 10.1 Å². The summed E-state index contributed by atoms with van der Waals surface area (Å²) in [5.41, 5.74) is 3.04. The number of aryl methyl sites for hydroxylation is 1. The van der Waals surface area contributed by atoms with Gasteiger partial charge in [0.15, 0.2) is 0 Å². The van der Waals surface area contributed by atoms with Gasteiger partial charge in [-0.15, -0.1) is 6.58 Å². The van der Waals surface area contributed by atoms with E-state index in [0.717, 1.165) is 36.1 Å². The number of carbonyl (C=O) groups excluding carboxylic acids is 3. The molecule has 1 aliphatic rings. The van der Waals surface area contributed by atoms with Crippen LogP contribution in [-0.4, -0.2) is 24.9 Å². The van der Waals surface area contributed by atoms with E-state index in [1.54, 1.807) is 25.3 Å². The number of hydrogen-bond acceptors (Lipinski definition) is 5. The molecule has 2 aromatic carbocycles. The van der Waals surface area contributed by atoms with Gasteiger partial charge in [-0.1, -0.05) is 68.9 Å². The lowest BCUT2D eigenvalue weighted by molar-refractivity contribution is -0.144. The highest BCUT2D eigenvalue weighted by Crippen LogP contribution is 2.24.